The lowest BCUT2D eigenvalue weighted by molar-refractivity contribution is -0.0319. The van der Waals surface area contributed by atoms with Crippen LogP contribution in [0.2, 0.25) is 0 Å². The minimum Gasteiger partial charge on any atom is -0.486 e. The maximum atomic E-state index is 7.62. The number of hydrogen-bond donors (Lipinski definition) is 0. The molecule has 6 aliphatic rings. The Hall–Kier alpha value is -2.02. The van der Waals surface area contributed by atoms with E-state index in [4.69, 9.17) is 14.2 Å². The van der Waals surface area contributed by atoms with E-state index in [1.54, 1.807) is 0 Å². The highest BCUT2D eigenvalue weighted by Crippen LogP contribution is 2.58. The topological polar surface area (TPSA) is 30.9 Å². The van der Waals surface area contributed by atoms with Crippen LogP contribution in [-0.2, 0) is 20.6 Å². The first-order valence-electron chi connectivity index (χ1n) is 14.4. The van der Waals surface area contributed by atoms with Gasteiger partial charge in [0.2, 0.25) is 5.72 Å². The van der Waals surface area contributed by atoms with Crippen LogP contribution in [0.4, 0.5) is 5.69 Å². The molecule has 0 bridgehead atoms. The number of nitrogens with zero attached hydrogens (tertiary/aromatic N) is 1. The van der Waals surface area contributed by atoms with Gasteiger partial charge in [-0.1, -0.05) is 48.9 Å². The number of anilines is 1. The fourth-order valence-corrected chi connectivity index (χ4v) is 9.80. The zero-order chi connectivity index (χ0) is 25.4. The molecule has 1 aromatic carbocycles. The van der Waals surface area contributed by atoms with Crippen molar-refractivity contribution in [3.63, 3.8) is 0 Å². The Labute approximate surface area is 235 Å². The highest BCUT2D eigenvalue weighted by molar-refractivity contribution is 8.03. The molecule has 6 unspecified atom stereocenters. The van der Waals surface area contributed by atoms with Gasteiger partial charge in [0.1, 0.15) is 5.76 Å². The van der Waals surface area contributed by atoms with Crippen molar-refractivity contribution in [2.24, 2.45) is 5.92 Å². The van der Waals surface area contributed by atoms with E-state index in [0.717, 1.165) is 38.2 Å². The Morgan fingerprint density at radius 2 is 1.87 bits per heavy atom. The molecule has 6 heterocycles. The van der Waals surface area contributed by atoms with Gasteiger partial charge in [-0.3, -0.25) is 0 Å². The molecule has 0 aliphatic carbocycles. The Morgan fingerprint density at radius 3 is 2.66 bits per heavy atom. The maximum Gasteiger partial charge on any atom is 0.202 e. The molecule has 200 valence electrons. The number of benzene rings is 1. The first kappa shape index (κ1) is 25.0. The van der Waals surface area contributed by atoms with E-state index in [-0.39, 0.29) is 23.4 Å². The summed E-state index contributed by atoms with van der Waals surface area (Å²) < 4.78 is 20.5. The molecule has 0 saturated carbocycles. The molecule has 6 heteroatoms. The largest absolute Gasteiger partial charge is 0.486 e. The van der Waals surface area contributed by atoms with Crippen LogP contribution in [0.15, 0.2) is 83.7 Å². The van der Waals surface area contributed by atoms with Crippen LogP contribution in [0, 0.1) is 5.92 Å². The average molecular weight is 548 g/mol. The van der Waals surface area contributed by atoms with Gasteiger partial charge in [0.25, 0.3) is 0 Å². The van der Waals surface area contributed by atoms with Gasteiger partial charge in [0, 0.05) is 29.7 Å². The number of ether oxygens (including phenoxy) is 3. The summed E-state index contributed by atoms with van der Waals surface area (Å²) in [4.78, 5) is 2.67. The zero-order valence-corrected chi connectivity index (χ0v) is 23.5. The van der Waals surface area contributed by atoms with Crippen LogP contribution >= 0.6 is 23.5 Å². The van der Waals surface area contributed by atoms with E-state index >= 15 is 0 Å². The van der Waals surface area contributed by atoms with Crippen molar-refractivity contribution < 1.29 is 14.2 Å². The molecule has 6 atom stereocenters. The average Bonchev–Trinajstić information content (AvgIpc) is 3.60. The summed E-state index contributed by atoms with van der Waals surface area (Å²) in [6.45, 7) is 1.80. The Bertz CT molecular complexity index is 1180. The third kappa shape index (κ3) is 4.28. The molecule has 4 nitrogen and oxygen atoms in total. The molecule has 7 rings (SSSR count). The molecule has 2 saturated heterocycles. The van der Waals surface area contributed by atoms with E-state index in [1.165, 1.54) is 48.3 Å². The van der Waals surface area contributed by atoms with Crippen LogP contribution < -0.4 is 4.90 Å². The molecule has 0 aromatic heterocycles. The molecular weight excluding hydrogens is 510 g/mol. The molecule has 0 radical (unpaired) electrons. The quantitative estimate of drug-likeness (QED) is 0.389. The van der Waals surface area contributed by atoms with Crippen molar-refractivity contribution in [2.45, 2.75) is 73.4 Å². The van der Waals surface area contributed by atoms with Gasteiger partial charge in [-0.15, -0.1) is 11.8 Å². The molecule has 2 fully saturated rings. The highest BCUT2D eigenvalue weighted by Gasteiger charge is 2.63. The van der Waals surface area contributed by atoms with Gasteiger partial charge >= 0.3 is 0 Å². The van der Waals surface area contributed by atoms with Gasteiger partial charge in [-0.25, -0.2) is 0 Å². The van der Waals surface area contributed by atoms with Gasteiger partial charge in [-0.2, -0.15) is 11.8 Å². The number of thioether (sulfide) groups is 2. The van der Waals surface area contributed by atoms with Crippen molar-refractivity contribution in [1.82, 2.24) is 0 Å². The van der Waals surface area contributed by atoms with E-state index in [0.29, 0.717) is 5.25 Å². The summed E-state index contributed by atoms with van der Waals surface area (Å²) in [7, 11) is 0. The first-order valence-corrected chi connectivity index (χ1v) is 16.3. The minimum absolute atomic E-state index is 0.0693. The number of hydrogen-bond acceptors (Lipinski definition) is 6. The Balaban J connectivity index is 1.43. The third-order valence-electron chi connectivity index (χ3n) is 8.83. The molecule has 0 spiro atoms. The third-order valence-corrected chi connectivity index (χ3v) is 11.4. The van der Waals surface area contributed by atoms with E-state index in [9.17, 15) is 0 Å². The summed E-state index contributed by atoms with van der Waals surface area (Å²) in [5, 5.41) is 2.90. The number of para-hydroxylation sites is 1. The molecule has 1 aromatic rings. The van der Waals surface area contributed by atoms with Crippen LogP contribution in [0.25, 0.3) is 0 Å². The van der Waals surface area contributed by atoms with Crippen LogP contribution in [0.3, 0.4) is 0 Å². The van der Waals surface area contributed by atoms with E-state index in [1.807, 2.05) is 24.1 Å². The van der Waals surface area contributed by atoms with Crippen LogP contribution in [-0.4, -0.2) is 47.3 Å². The lowest BCUT2D eigenvalue weighted by Gasteiger charge is -2.51. The van der Waals surface area contributed by atoms with Gasteiger partial charge in [0.15, 0.2) is 6.10 Å². The normalized spacial score (nSPS) is 36.3. The first-order chi connectivity index (χ1) is 18.9. The van der Waals surface area contributed by atoms with E-state index in [2.05, 4.69) is 76.7 Å². The fraction of sp³-hybridized carbons (Fsp3) is 0.500. The predicted octanol–water partition coefficient (Wildman–Crippen LogP) is 7.15. The van der Waals surface area contributed by atoms with Gasteiger partial charge < -0.3 is 19.1 Å². The summed E-state index contributed by atoms with van der Waals surface area (Å²) in [6, 6.07) is 8.99. The van der Waals surface area contributed by atoms with Crippen LogP contribution in [0.1, 0.15) is 44.1 Å². The molecule has 0 amide bonds. The Morgan fingerprint density at radius 1 is 0.947 bits per heavy atom. The van der Waals surface area contributed by atoms with Crippen molar-refractivity contribution in [2.75, 3.05) is 23.8 Å². The SMILES string of the molecule is C1=COC(C2=C(C3CCCCO3)C(C3C=CC=CS3)C(C3CCCCS3)(N3CCc4ccccc43)O2)C=C1. The summed E-state index contributed by atoms with van der Waals surface area (Å²) in [6.07, 6.45) is 22.8. The standard InChI is InChI=1S/C32H37NO3S2/c1-2-12-24-23(11-1)17-18-33(24)32(28-16-6-10-22-38-28)30(27-15-5-9-21-37-27)29(25-13-3-7-19-34-25)31(36-32)26-14-4-8-20-35-26/h1-2,4-5,8-9,11-12,14-15,20-21,25-28,30H,3,6-7,10,13,16-19,22H2. The van der Waals surface area contributed by atoms with Gasteiger partial charge in [0.05, 0.1) is 23.5 Å². The second-order valence-electron chi connectivity index (χ2n) is 11.0. The smallest absolute Gasteiger partial charge is 0.202 e. The minimum atomic E-state index is -0.491. The fourth-order valence-electron chi connectivity index (χ4n) is 7.21. The molecule has 0 N–H and O–H groups in total. The van der Waals surface area contributed by atoms with Crippen molar-refractivity contribution in [3.05, 3.63) is 89.3 Å². The predicted molar refractivity (Wildman–Crippen MR) is 158 cm³/mol. The zero-order valence-electron chi connectivity index (χ0n) is 21.9. The molecule has 38 heavy (non-hydrogen) atoms. The second-order valence-corrected chi connectivity index (χ2v) is 13.4. The summed E-state index contributed by atoms with van der Waals surface area (Å²) in [5.74, 6) is 2.36. The Kier molecular flexibility index (Phi) is 7.14. The van der Waals surface area contributed by atoms with Crippen molar-refractivity contribution in [1.29, 1.82) is 0 Å². The van der Waals surface area contributed by atoms with Crippen molar-refractivity contribution in [3.8, 4) is 0 Å². The van der Waals surface area contributed by atoms with Crippen molar-refractivity contribution >= 4 is 29.2 Å². The maximum absolute atomic E-state index is 7.62. The summed E-state index contributed by atoms with van der Waals surface area (Å²) >= 11 is 4.07. The molecule has 6 aliphatic heterocycles. The summed E-state index contributed by atoms with van der Waals surface area (Å²) in [5.41, 5.74) is 3.63. The van der Waals surface area contributed by atoms with E-state index < -0.39 is 5.72 Å². The lowest BCUT2D eigenvalue weighted by atomic mass is 9.77. The number of fused-ring (bicyclic) bond motifs is 1. The highest BCUT2D eigenvalue weighted by atomic mass is 32.2. The van der Waals surface area contributed by atoms with Crippen LogP contribution in [0.5, 0.6) is 0 Å². The monoisotopic (exact) mass is 547 g/mol. The number of allylic oxidation sites excluding steroid dienone is 4. The van der Waals surface area contributed by atoms with Gasteiger partial charge in [-0.05, 0) is 73.5 Å². The lowest BCUT2D eigenvalue weighted by Crippen LogP contribution is -2.63. The number of rotatable bonds is 5. The second kappa shape index (κ2) is 10.9. The molecular formula is C32H37NO3S2.